The first-order chi connectivity index (χ1) is 7.24. The zero-order valence-corrected chi connectivity index (χ0v) is 8.70. The van der Waals surface area contributed by atoms with E-state index in [2.05, 4.69) is 5.32 Å². The van der Waals surface area contributed by atoms with Crippen LogP contribution in [0.3, 0.4) is 0 Å². The highest BCUT2D eigenvalue weighted by molar-refractivity contribution is 5.76. The number of nitrogen functional groups attached to an aromatic ring is 1. The Balaban J connectivity index is 1.78. The number of hydrogen-bond donors (Lipinski definition) is 2. The zero-order chi connectivity index (χ0) is 10.7. The lowest BCUT2D eigenvalue weighted by Gasteiger charge is -2.05. The predicted octanol–water partition coefficient (Wildman–Crippen LogP) is 1.69. The molecule has 3 heteroatoms. The average Bonchev–Trinajstić information content (AvgIpc) is 2.99. The molecule has 0 atom stereocenters. The molecule has 1 amide bonds. The normalized spacial score (nSPS) is 14.9. The lowest BCUT2D eigenvalue weighted by Crippen LogP contribution is -2.22. The molecule has 1 saturated carbocycles. The van der Waals surface area contributed by atoms with Crippen LogP contribution in [0, 0.1) is 5.92 Å². The number of carbonyl (C=O) groups is 1. The van der Waals surface area contributed by atoms with Crippen molar-refractivity contribution in [3.8, 4) is 0 Å². The maximum atomic E-state index is 11.4. The van der Waals surface area contributed by atoms with Crippen LogP contribution in [0.15, 0.2) is 24.3 Å². The third-order valence-electron chi connectivity index (χ3n) is 2.61. The van der Waals surface area contributed by atoms with Gasteiger partial charge < -0.3 is 11.1 Å². The van der Waals surface area contributed by atoms with Crippen molar-refractivity contribution >= 4 is 11.6 Å². The van der Waals surface area contributed by atoms with E-state index >= 15 is 0 Å². The predicted molar refractivity (Wildman–Crippen MR) is 60.0 cm³/mol. The topological polar surface area (TPSA) is 55.1 Å². The summed E-state index contributed by atoms with van der Waals surface area (Å²) in [4.78, 5) is 11.4. The molecule has 0 radical (unpaired) electrons. The number of nitrogens with two attached hydrogens (primary N) is 1. The van der Waals surface area contributed by atoms with Crippen LogP contribution in [0.25, 0.3) is 0 Å². The molecule has 0 aliphatic heterocycles. The molecule has 3 nitrogen and oxygen atoms in total. The summed E-state index contributed by atoms with van der Waals surface area (Å²) in [6.07, 6.45) is 3.11. The van der Waals surface area contributed by atoms with Crippen LogP contribution in [-0.4, -0.2) is 5.91 Å². The highest BCUT2D eigenvalue weighted by Crippen LogP contribution is 2.32. The molecule has 80 valence electrons. The van der Waals surface area contributed by atoms with Crippen LogP contribution in [0.5, 0.6) is 0 Å². The molecule has 2 rings (SSSR count). The van der Waals surface area contributed by atoms with Gasteiger partial charge in [-0.3, -0.25) is 4.79 Å². The maximum Gasteiger partial charge on any atom is 0.220 e. The molecule has 1 aromatic carbocycles. The van der Waals surface area contributed by atoms with Gasteiger partial charge in [0, 0.05) is 18.7 Å². The monoisotopic (exact) mass is 204 g/mol. The van der Waals surface area contributed by atoms with Gasteiger partial charge in [-0.2, -0.15) is 0 Å². The van der Waals surface area contributed by atoms with E-state index in [0.717, 1.165) is 11.3 Å². The number of hydrogen-bond acceptors (Lipinski definition) is 2. The zero-order valence-electron chi connectivity index (χ0n) is 8.70. The van der Waals surface area contributed by atoms with E-state index < -0.39 is 0 Å². The first kappa shape index (κ1) is 10.0. The summed E-state index contributed by atoms with van der Waals surface area (Å²) in [6.45, 7) is 0.580. The van der Waals surface area contributed by atoms with Crippen molar-refractivity contribution in [3.63, 3.8) is 0 Å². The second-order valence-corrected chi connectivity index (χ2v) is 4.17. The fourth-order valence-corrected chi connectivity index (χ4v) is 1.56. The van der Waals surface area contributed by atoms with Crippen molar-refractivity contribution in [2.75, 3.05) is 5.73 Å². The number of rotatable bonds is 4. The third-order valence-corrected chi connectivity index (χ3v) is 2.61. The highest BCUT2D eigenvalue weighted by Gasteiger charge is 2.23. The molecule has 0 bridgehead atoms. The van der Waals surface area contributed by atoms with Crippen molar-refractivity contribution < 1.29 is 4.79 Å². The molecule has 0 spiro atoms. The number of amides is 1. The summed E-state index contributed by atoms with van der Waals surface area (Å²) in [5.74, 6) is 0.797. The van der Waals surface area contributed by atoms with E-state index in [9.17, 15) is 4.79 Å². The van der Waals surface area contributed by atoms with Crippen LogP contribution in [0.1, 0.15) is 24.8 Å². The number of benzene rings is 1. The Morgan fingerprint density at radius 1 is 1.47 bits per heavy atom. The largest absolute Gasteiger partial charge is 0.399 e. The van der Waals surface area contributed by atoms with Crippen LogP contribution in [0.2, 0.25) is 0 Å². The molecule has 1 fully saturated rings. The standard InChI is InChI=1S/C12H16N2O/c13-11-3-1-2-10(6-11)8-14-12(15)7-9-4-5-9/h1-3,6,9H,4-5,7-8,13H2,(H,14,15). The summed E-state index contributed by atoms with van der Waals surface area (Å²) in [7, 11) is 0. The Bertz CT molecular complexity index is 358. The van der Waals surface area contributed by atoms with Gasteiger partial charge in [0.2, 0.25) is 5.91 Å². The van der Waals surface area contributed by atoms with E-state index in [0.29, 0.717) is 18.9 Å². The van der Waals surface area contributed by atoms with Gasteiger partial charge >= 0.3 is 0 Å². The SMILES string of the molecule is Nc1cccc(CNC(=O)CC2CC2)c1. The van der Waals surface area contributed by atoms with E-state index in [-0.39, 0.29) is 5.91 Å². The second kappa shape index (κ2) is 4.34. The average molecular weight is 204 g/mol. The maximum absolute atomic E-state index is 11.4. The smallest absolute Gasteiger partial charge is 0.220 e. The third kappa shape index (κ3) is 3.27. The molecular formula is C12H16N2O. The van der Waals surface area contributed by atoms with Gasteiger partial charge in [-0.15, -0.1) is 0 Å². The molecule has 0 saturated heterocycles. The molecule has 0 heterocycles. The molecule has 0 aromatic heterocycles. The number of carbonyl (C=O) groups excluding carboxylic acids is 1. The number of anilines is 1. The Morgan fingerprint density at radius 2 is 2.27 bits per heavy atom. The Hall–Kier alpha value is -1.51. The van der Waals surface area contributed by atoms with Crippen LogP contribution in [-0.2, 0) is 11.3 Å². The van der Waals surface area contributed by atoms with Gasteiger partial charge in [0.25, 0.3) is 0 Å². The van der Waals surface area contributed by atoms with E-state index in [1.54, 1.807) is 0 Å². The minimum absolute atomic E-state index is 0.153. The summed E-state index contributed by atoms with van der Waals surface area (Å²) >= 11 is 0. The van der Waals surface area contributed by atoms with Crippen molar-refractivity contribution in [2.45, 2.75) is 25.8 Å². The summed E-state index contributed by atoms with van der Waals surface area (Å²) in [5, 5.41) is 2.90. The van der Waals surface area contributed by atoms with Gasteiger partial charge in [-0.1, -0.05) is 12.1 Å². The molecule has 1 aliphatic carbocycles. The van der Waals surface area contributed by atoms with Crippen molar-refractivity contribution in [1.82, 2.24) is 5.32 Å². The molecule has 0 unspecified atom stereocenters. The van der Waals surface area contributed by atoms with Gasteiger partial charge in [0.05, 0.1) is 0 Å². The second-order valence-electron chi connectivity index (χ2n) is 4.17. The molecule has 15 heavy (non-hydrogen) atoms. The summed E-state index contributed by atoms with van der Waals surface area (Å²) in [5.41, 5.74) is 7.44. The van der Waals surface area contributed by atoms with Gasteiger partial charge in [-0.25, -0.2) is 0 Å². The van der Waals surface area contributed by atoms with Crippen LogP contribution in [0.4, 0.5) is 5.69 Å². The number of nitrogens with one attached hydrogen (secondary N) is 1. The van der Waals surface area contributed by atoms with Crippen LogP contribution >= 0.6 is 0 Å². The Morgan fingerprint density at radius 3 is 2.93 bits per heavy atom. The van der Waals surface area contributed by atoms with Gasteiger partial charge in [0.15, 0.2) is 0 Å². The highest BCUT2D eigenvalue weighted by atomic mass is 16.1. The first-order valence-electron chi connectivity index (χ1n) is 5.35. The lowest BCUT2D eigenvalue weighted by molar-refractivity contribution is -0.121. The lowest BCUT2D eigenvalue weighted by atomic mass is 10.2. The molecular weight excluding hydrogens is 188 g/mol. The molecule has 1 aliphatic rings. The van der Waals surface area contributed by atoms with Gasteiger partial charge in [0.1, 0.15) is 0 Å². The fraction of sp³-hybridized carbons (Fsp3) is 0.417. The van der Waals surface area contributed by atoms with Crippen LogP contribution < -0.4 is 11.1 Å². The van der Waals surface area contributed by atoms with Crippen molar-refractivity contribution in [3.05, 3.63) is 29.8 Å². The van der Waals surface area contributed by atoms with Crippen molar-refractivity contribution in [2.24, 2.45) is 5.92 Å². The van der Waals surface area contributed by atoms with E-state index in [1.165, 1.54) is 12.8 Å². The fourth-order valence-electron chi connectivity index (χ4n) is 1.56. The molecule has 1 aromatic rings. The summed E-state index contributed by atoms with van der Waals surface area (Å²) < 4.78 is 0. The van der Waals surface area contributed by atoms with Crippen molar-refractivity contribution in [1.29, 1.82) is 0 Å². The minimum Gasteiger partial charge on any atom is -0.399 e. The Kier molecular flexibility index (Phi) is 2.90. The van der Waals surface area contributed by atoms with E-state index in [4.69, 9.17) is 5.73 Å². The van der Waals surface area contributed by atoms with E-state index in [1.807, 2.05) is 24.3 Å². The first-order valence-corrected chi connectivity index (χ1v) is 5.35. The summed E-state index contributed by atoms with van der Waals surface area (Å²) in [6, 6.07) is 7.60. The minimum atomic E-state index is 0.153. The quantitative estimate of drug-likeness (QED) is 0.733. The molecule has 3 N–H and O–H groups in total. The van der Waals surface area contributed by atoms with Gasteiger partial charge in [-0.05, 0) is 36.5 Å². The Labute approximate surface area is 89.7 Å².